The first-order chi connectivity index (χ1) is 13.8. The van der Waals surface area contributed by atoms with Crippen molar-refractivity contribution in [2.24, 2.45) is 17.8 Å². The fraction of sp³-hybridized carbons (Fsp3) is 0.591. The number of fused-ring (bicyclic) bond motifs is 2. The molecule has 6 nitrogen and oxygen atoms in total. The number of nitrogens with zero attached hydrogens (tertiary/aromatic N) is 1. The molecule has 1 aromatic rings. The van der Waals surface area contributed by atoms with E-state index in [1.54, 1.807) is 12.1 Å². The second-order valence-corrected chi connectivity index (χ2v) is 10.2. The van der Waals surface area contributed by atoms with E-state index in [9.17, 15) is 18.3 Å². The molecule has 0 amide bonds. The molecule has 0 saturated heterocycles. The Hall–Kier alpha value is -0.860. The van der Waals surface area contributed by atoms with Crippen molar-refractivity contribution in [1.82, 2.24) is 4.72 Å². The smallest absolute Gasteiger partial charge is 0.550 e. The van der Waals surface area contributed by atoms with Crippen LogP contribution in [0, 0.1) is 17.8 Å². The monoisotopic (exact) mass is 442 g/mol. The third-order valence-corrected chi connectivity index (χ3v) is 7.84. The maximum absolute atomic E-state index is 13.0. The first-order valence-corrected chi connectivity index (χ1v) is 11.9. The molecule has 2 aliphatic rings. The van der Waals surface area contributed by atoms with Crippen molar-refractivity contribution in [2.45, 2.75) is 55.9 Å². The van der Waals surface area contributed by atoms with Gasteiger partial charge in [-0.2, -0.15) is 0 Å². The Morgan fingerprint density at radius 1 is 1.17 bits per heavy atom. The number of hydrogen-bond acceptors (Lipinski definition) is 5. The van der Waals surface area contributed by atoms with Gasteiger partial charge in [0, 0.05) is 31.8 Å². The molecule has 1 aromatic carbocycles. The summed E-state index contributed by atoms with van der Waals surface area (Å²) in [6, 6.07) is 6.94. The summed E-state index contributed by atoms with van der Waals surface area (Å²) >= 11 is 0. The number of hydrogen-bond donors (Lipinski definition) is 1. The molecule has 2 saturated carbocycles. The molecule has 0 spiro atoms. The normalized spacial score (nSPS) is 25.4. The molecule has 3 rings (SSSR count). The second kappa shape index (κ2) is 11.1. The van der Waals surface area contributed by atoms with Gasteiger partial charge in [-0.3, -0.25) is 0 Å². The van der Waals surface area contributed by atoms with E-state index in [0.29, 0.717) is 35.5 Å². The molecule has 8 heteroatoms. The van der Waals surface area contributed by atoms with E-state index in [-0.39, 0.29) is 42.0 Å². The number of carboxylic acids is 1. The molecule has 30 heavy (non-hydrogen) atoms. The number of aliphatic carboxylic acids is 1. The minimum Gasteiger partial charge on any atom is -0.550 e. The van der Waals surface area contributed by atoms with Crippen molar-refractivity contribution in [3.8, 4) is 0 Å². The summed E-state index contributed by atoms with van der Waals surface area (Å²) in [5.41, 5.74) is 0.963. The van der Waals surface area contributed by atoms with Crippen LogP contribution in [0.15, 0.2) is 41.3 Å². The number of carbonyl (C=O) groups excluding carboxylic acids is 1. The number of rotatable bonds is 10. The van der Waals surface area contributed by atoms with E-state index < -0.39 is 16.0 Å². The maximum atomic E-state index is 13.0. The van der Waals surface area contributed by atoms with Crippen molar-refractivity contribution in [2.75, 3.05) is 19.0 Å². The van der Waals surface area contributed by atoms with Gasteiger partial charge in [0.2, 0.25) is 10.0 Å². The van der Waals surface area contributed by atoms with Crippen LogP contribution in [-0.2, 0) is 14.8 Å². The molecule has 1 unspecified atom stereocenters. The molecule has 2 bridgehead atoms. The molecule has 0 aromatic heterocycles. The van der Waals surface area contributed by atoms with Gasteiger partial charge in [-0.25, -0.2) is 13.1 Å². The fourth-order valence-electron chi connectivity index (χ4n) is 4.84. The van der Waals surface area contributed by atoms with Gasteiger partial charge in [-0.1, -0.05) is 12.2 Å². The van der Waals surface area contributed by atoms with E-state index in [1.165, 1.54) is 6.42 Å². The Balaban J connectivity index is 0.00000320. The van der Waals surface area contributed by atoms with Crippen molar-refractivity contribution in [3.63, 3.8) is 0 Å². The SMILES string of the molecule is CN(C)c1ccc(S(=O)(=O)N[C@H]2C3CC[C@H](C3)[C@@H]2C/C=C\CCCC(=O)[O-])cc1.[Na+]. The van der Waals surface area contributed by atoms with E-state index >= 15 is 0 Å². The molecule has 1 N–H and O–H groups in total. The summed E-state index contributed by atoms with van der Waals surface area (Å²) in [6.07, 6.45) is 9.65. The van der Waals surface area contributed by atoms with Crippen LogP contribution >= 0.6 is 0 Å². The second-order valence-electron chi connectivity index (χ2n) is 8.50. The number of sulfonamides is 1. The van der Waals surface area contributed by atoms with E-state index in [2.05, 4.69) is 10.8 Å². The first kappa shape index (κ1) is 25.4. The van der Waals surface area contributed by atoms with Crippen LogP contribution in [0.1, 0.15) is 44.9 Å². The van der Waals surface area contributed by atoms with Gasteiger partial charge in [0.25, 0.3) is 0 Å². The van der Waals surface area contributed by atoms with Gasteiger partial charge >= 0.3 is 29.6 Å². The van der Waals surface area contributed by atoms with Crippen LogP contribution in [0.4, 0.5) is 5.69 Å². The summed E-state index contributed by atoms with van der Waals surface area (Å²) < 4.78 is 28.9. The number of allylic oxidation sites excluding steroid dienone is 2. The summed E-state index contributed by atoms with van der Waals surface area (Å²) in [5.74, 6) is 0.269. The number of unbranched alkanes of at least 4 members (excludes halogenated alkanes) is 1. The summed E-state index contributed by atoms with van der Waals surface area (Å²) in [6.45, 7) is 0. The minimum atomic E-state index is -3.56. The first-order valence-electron chi connectivity index (χ1n) is 10.4. The molecular formula is C22H31N2NaO4S. The van der Waals surface area contributed by atoms with Gasteiger partial charge in [0.1, 0.15) is 0 Å². The topological polar surface area (TPSA) is 89.5 Å². The van der Waals surface area contributed by atoms with E-state index in [1.807, 2.05) is 37.2 Å². The van der Waals surface area contributed by atoms with Crippen LogP contribution in [-0.4, -0.2) is 34.5 Å². The fourth-order valence-corrected chi connectivity index (χ4v) is 6.20. The predicted molar refractivity (Wildman–Crippen MR) is 112 cm³/mol. The van der Waals surface area contributed by atoms with E-state index in [0.717, 1.165) is 24.9 Å². The molecule has 0 radical (unpaired) electrons. The van der Waals surface area contributed by atoms with Crippen LogP contribution in [0.5, 0.6) is 0 Å². The number of anilines is 1. The summed E-state index contributed by atoms with van der Waals surface area (Å²) in [5, 5.41) is 10.5. The number of nitrogens with one attached hydrogen (secondary N) is 1. The van der Waals surface area contributed by atoms with Gasteiger partial charge in [0.05, 0.1) is 4.90 Å². The van der Waals surface area contributed by atoms with Crippen LogP contribution < -0.4 is 44.3 Å². The largest absolute Gasteiger partial charge is 1.00 e. The Kier molecular flexibility index (Phi) is 9.43. The van der Waals surface area contributed by atoms with Crippen LogP contribution in [0.2, 0.25) is 0 Å². The minimum absolute atomic E-state index is 0. The summed E-state index contributed by atoms with van der Waals surface area (Å²) in [4.78, 5) is 12.7. The van der Waals surface area contributed by atoms with Gasteiger partial charge in [-0.15, -0.1) is 0 Å². The molecule has 0 heterocycles. The Morgan fingerprint density at radius 2 is 1.83 bits per heavy atom. The van der Waals surface area contributed by atoms with Crippen molar-refractivity contribution >= 4 is 21.7 Å². The van der Waals surface area contributed by atoms with Crippen molar-refractivity contribution in [3.05, 3.63) is 36.4 Å². The van der Waals surface area contributed by atoms with Gasteiger partial charge < -0.3 is 14.8 Å². The van der Waals surface area contributed by atoms with E-state index in [4.69, 9.17) is 0 Å². The summed E-state index contributed by atoms with van der Waals surface area (Å²) in [7, 11) is 0.294. The Labute approximate surface area is 202 Å². The molecule has 0 aliphatic heterocycles. The van der Waals surface area contributed by atoms with Crippen molar-refractivity contribution < 1.29 is 47.9 Å². The molecular weight excluding hydrogens is 411 g/mol. The van der Waals surface area contributed by atoms with Crippen LogP contribution in [0.3, 0.4) is 0 Å². The number of carbonyl (C=O) groups is 1. The van der Waals surface area contributed by atoms with Crippen LogP contribution in [0.25, 0.3) is 0 Å². The average Bonchev–Trinajstić information content (AvgIpc) is 3.26. The average molecular weight is 443 g/mol. The predicted octanol–water partition coefficient (Wildman–Crippen LogP) is -0.684. The van der Waals surface area contributed by atoms with Crippen molar-refractivity contribution in [1.29, 1.82) is 0 Å². The molecule has 2 fully saturated rings. The third kappa shape index (κ3) is 6.33. The maximum Gasteiger partial charge on any atom is 1.00 e. The zero-order valence-electron chi connectivity index (χ0n) is 18.2. The molecule has 4 atom stereocenters. The Bertz CT molecular complexity index is 839. The Morgan fingerprint density at radius 3 is 2.47 bits per heavy atom. The zero-order chi connectivity index (χ0) is 21.0. The standard InChI is InChI=1S/C22H32N2O4S.Na/c1-24(2)18-11-13-19(14-12-18)29(27,28)23-22-17-10-9-16(15-17)20(22)7-5-3-4-6-8-21(25)26;/h3,5,11-14,16-17,20,22-23H,4,6-10,15H2,1-2H3,(H,25,26);/q;+1/p-1/b5-3-;/t16-,17?,20+,22+;/m1./s1. The zero-order valence-corrected chi connectivity index (χ0v) is 21.0. The third-order valence-electron chi connectivity index (χ3n) is 6.37. The number of benzene rings is 1. The van der Waals surface area contributed by atoms with Gasteiger partial charge in [0.15, 0.2) is 0 Å². The molecule has 160 valence electrons. The molecule has 2 aliphatic carbocycles. The quantitative estimate of drug-likeness (QED) is 0.295. The van der Waals surface area contributed by atoms with Gasteiger partial charge in [-0.05, 0) is 87.0 Å². The number of carboxylic acid groups (broad SMARTS) is 1.